The minimum Gasteiger partial charge on any atom is -0.396 e. The van der Waals surface area contributed by atoms with Crippen molar-refractivity contribution in [3.8, 4) is 0 Å². The molecule has 0 saturated heterocycles. The molecular weight excluding hydrogens is 206 g/mol. The normalized spacial score (nSPS) is 10.3. The number of nitrogen functional groups attached to an aromatic ring is 1. The first kappa shape index (κ1) is 10.4. The van der Waals surface area contributed by atoms with Crippen LogP contribution in [0.25, 0.3) is 0 Å². The Morgan fingerprint density at radius 1 is 1.44 bits per heavy atom. The van der Waals surface area contributed by atoms with Crippen LogP contribution in [-0.4, -0.2) is 21.7 Å². The molecule has 2 aromatic heterocycles. The smallest absolute Gasteiger partial charge is 0.213 e. The summed E-state index contributed by atoms with van der Waals surface area (Å²) in [6, 6.07) is 3.71. The van der Waals surface area contributed by atoms with Crippen LogP contribution >= 0.6 is 0 Å². The molecule has 3 N–H and O–H groups in total. The van der Waals surface area contributed by atoms with Gasteiger partial charge in [0.25, 0.3) is 0 Å². The Morgan fingerprint density at radius 3 is 3.06 bits per heavy atom. The molecule has 2 rings (SSSR count). The monoisotopic (exact) mass is 219 g/mol. The van der Waals surface area contributed by atoms with Crippen LogP contribution < -0.4 is 11.1 Å². The molecule has 0 unspecified atom stereocenters. The Labute approximate surface area is 92.9 Å². The fourth-order valence-electron chi connectivity index (χ4n) is 1.30. The summed E-state index contributed by atoms with van der Waals surface area (Å²) in [5.41, 5.74) is 7.34. The zero-order valence-electron chi connectivity index (χ0n) is 8.97. The van der Waals surface area contributed by atoms with E-state index in [9.17, 15) is 0 Å². The highest BCUT2D eigenvalue weighted by molar-refractivity contribution is 5.61. The molecule has 0 amide bonds. The van der Waals surface area contributed by atoms with Crippen LogP contribution in [-0.2, 0) is 6.42 Å². The lowest BCUT2D eigenvalue weighted by atomic mass is 10.3. The Bertz CT molecular complexity index is 454. The summed E-state index contributed by atoms with van der Waals surface area (Å²) < 4.78 is 4.63. The Morgan fingerprint density at radius 2 is 2.31 bits per heavy atom. The molecule has 6 nitrogen and oxygen atoms in total. The van der Waals surface area contributed by atoms with Gasteiger partial charge < -0.3 is 15.6 Å². The van der Waals surface area contributed by atoms with Crippen molar-refractivity contribution >= 4 is 11.5 Å². The summed E-state index contributed by atoms with van der Waals surface area (Å²) in [4.78, 5) is 8.21. The van der Waals surface area contributed by atoms with Gasteiger partial charge in [0.05, 0.1) is 5.69 Å². The summed E-state index contributed by atoms with van der Waals surface area (Å²) in [6.45, 7) is 2.59. The number of pyridine rings is 1. The number of nitrogens with zero attached hydrogens (tertiary/aromatic N) is 3. The van der Waals surface area contributed by atoms with E-state index in [1.165, 1.54) is 6.39 Å². The molecule has 0 bridgehead atoms. The van der Waals surface area contributed by atoms with E-state index in [4.69, 9.17) is 5.73 Å². The van der Waals surface area contributed by atoms with Gasteiger partial charge in [0, 0.05) is 18.7 Å². The van der Waals surface area contributed by atoms with Crippen LogP contribution in [0, 0.1) is 6.92 Å². The molecule has 0 aliphatic rings. The molecule has 0 spiro atoms. The van der Waals surface area contributed by atoms with E-state index in [1.807, 2.05) is 19.1 Å². The van der Waals surface area contributed by atoms with Gasteiger partial charge in [0.2, 0.25) is 6.39 Å². The number of nitrogens with two attached hydrogens (primary N) is 1. The SMILES string of the molecule is Cc1ccc(N)c(NCCc2ncon2)n1. The third kappa shape index (κ3) is 2.47. The summed E-state index contributed by atoms with van der Waals surface area (Å²) in [6.07, 6.45) is 1.99. The van der Waals surface area contributed by atoms with Crippen LogP contribution in [0.4, 0.5) is 11.5 Å². The maximum absolute atomic E-state index is 5.77. The van der Waals surface area contributed by atoms with Gasteiger partial charge >= 0.3 is 0 Å². The van der Waals surface area contributed by atoms with E-state index in [0.717, 1.165) is 5.69 Å². The van der Waals surface area contributed by atoms with Gasteiger partial charge in [-0.25, -0.2) is 4.98 Å². The molecule has 6 heteroatoms. The number of hydrogen-bond donors (Lipinski definition) is 2. The van der Waals surface area contributed by atoms with Crippen LogP contribution in [0.2, 0.25) is 0 Å². The van der Waals surface area contributed by atoms with Crippen molar-refractivity contribution < 1.29 is 4.52 Å². The van der Waals surface area contributed by atoms with Gasteiger partial charge in [-0.05, 0) is 19.1 Å². The van der Waals surface area contributed by atoms with Gasteiger partial charge in [-0.15, -0.1) is 0 Å². The first-order valence-corrected chi connectivity index (χ1v) is 4.98. The maximum atomic E-state index is 5.77. The number of hydrogen-bond acceptors (Lipinski definition) is 6. The van der Waals surface area contributed by atoms with E-state index < -0.39 is 0 Å². The van der Waals surface area contributed by atoms with E-state index in [1.54, 1.807) is 0 Å². The lowest BCUT2D eigenvalue weighted by Gasteiger charge is -2.07. The predicted octanol–water partition coefficient (Wildman–Crippen LogP) is 1.01. The first-order valence-electron chi connectivity index (χ1n) is 4.98. The molecule has 2 aromatic rings. The molecule has 0 aliphatic carbocycles. The molecule has 2 heterocycles. The van der Waals surface area contributed by atoms with E-state index in [0.29, 0.717) is 30.3 Å². The van der Waals surface area contributed by atoms with Crippen molar-refractivity contribution in [3.63, 3.8) is 0 Å². The van der Waals surface area contributed by atoms with E-state index in [-0.39, 0.29) is 0 Å². The van der Waals surface area contributed by atoms with Crippen LogP contribution in [0.15, 0.2) is 23.0 Å². The third-order valence-electron chi connectivity index (χ3n) is 2.11. The minimum absolute atomic E-state index is 0.638. The molecule has 16 heavy (non-hydrogen) atoms. The predicted molar refractivity (Wildman–Crippen MR) is 59.9 cm³/mol. The Kier molecular flexibility index (Phi) is 3.00. The number of anilines is 2. The zero-order valence-corrected chi connectivity index (χ0v) is 8.97. The number of aryl methyl sites for hydroxylation is 1. The van der Waals surface area contributed by atoms with Gasteiger partial charge in [0.15, 0.2) is 5.82 Å². The zero-order chi connectivity index (χ0) is 11.4. The summed E-state index contributed by atoms with van der Waals surface area (Å²) >= 11 is 0. The fourth-order valence-corrected chi connectivity index (χ4v) is 1.30. The van der Waals surface area contributed by atoms with Crippen LogP contribution in [0.3, 0.4) is 0 Å². The van der Waals surface area contributed by atoms with Gasteiger partial charge in [-0.2, -0.15) is 4.98 Å². The van der Waals surface area contributed by atoms with Crippen molar-refractivity contribution in [1.29, 1.82) is 0 Å². The second-order valence-electron chi connectivity index (χ2n) is 3.41. The molecule has 0 radical (unpaired) electrons. The second-order valence-corrected chi connectivity index (χ2v) is 3.41. The minimum atomic E-state index is 0.638. The van der Waals surface area contributed by atoms with Crippen molar-refractivity contribution in [2.75, 3.05) is 17.6 Å². The largest absolute Gasteiger partial charge is 0.396 e. The molecule has 84 valence electrons. The van der Waals surface area contributed by atoms with Gasteiger partial charge in [-0.1, -0.05) is 5.16 Å². The quantitative estimate of drug-likeness (QED) is 0.797. The lowest BCUT2D eigenvalue weighted by molar-refractivity contribution is 0.410. The highest BCUT2D eigenvalue weighted by Crippen LogP contribution is 2.14. The molecule has 0 atom stereocenters. The molecule has 0 fully saturated rings. The maximum Gasteiger partial charge on any atom is 0.213 e. The summed E-state index contributed by atoms with van der Waals surface area (Å²) in [7, 11) is 0. The van der Waals surface area contributed by atoms with Gasteiger partial charge in [-0.3, -0.25) is 0 Å². The van der Waals surface area contributed by atoms with Crippen molar-refractivity contribution in [1.82, 2.24) is 15.1 Å². The second kappa shape index (κ2) is 4.61. The number of nitrogens with one attached hydrogen (secondary N) is 1. The average Bonchev–Trinajstić information content (AvgIpc) is 2.76. The lowest BCUT2D eigenvalue weighted by Crippen LogP contribution is -2.09. The average molecular weight is 219 g/mol. The number of rotatable bonds is 4. The highest BCUT2D eigenvalue weighted by atomic mass is 16.5. The standard InChI is InChI=1S/C10H13N5O/c1-7-2-3-8(11)10(14-7)12-5-4-9-13-6-16-15-9/h2-3,6H,4-5,11H2,1H3,(H,12,14). The number of aromatic nitrogens is 3. The summed E-state index contributed by atoms with van der Waals surface area (Å²) in [5, 5.41) is 6.84. The summed E-state index contributed by atoms with van der Waals surface area (Å²) in [5.74, 6) is 1.36. The highest BCUT2D eigenvalue weighted by Gasteiger charge is 2.02. The Balaban J connectivity index is 1.92. The third-order valence-corrected chi connectivity index (χ3v) is 2.11. The van der Waals surface area contributed by atoms with Crippen LogP contribution in [0.5, 0.6) is 0 Å². The molecule has 0 aromatic carbocycles. The fraction of sp³-hybridized carbons (Fsp3) is 0.300. The first-order chi connectivity index (χ1) is 7.75. The van der Waals surface area contributed by atoms with E-state index >= 15 is 0 Å². The van der Waals surface area contributed by atoms with Crippen molar-refractivity contribution in [2.24, 2.45) is 0 Å². The molecule has 0 saturated carbocycles. The topological polar surface area (TPSA) is 89.9 Å². The van der Waals surface area contributed by atoms with Crippen molar-refractivity contribution in [2.45, 2.75) is 13.3 Å². The van der Waals surface area contributed by atoms with Crippen LogP contribution in [0.1, 0.15) is 11.5 Å². The molecular formula is C10H13N5O. The molecule has 0 aliphatic heterocycles. The Hall–Kier alpha value is -2.11. The van der Waals surface area contributed by atoms with Gasteiger partial charge in [0.1, 0.15) is 5.82 Å². The van der Waals surface area contributed by atoms with Crippen molar-refractivity contribution in [3.05, 3.63) is 30.0 Å². The van der Waals surface area contributed by atoms with E-state index in [2.05, 4.69) is 25.0 Å².